The zero-order valence-corrected chi connectivity index (χ0v) is 9.82. The van der Waals surface area contributed by atoms with Crippen LogP contribution in [0.4, 0.5) is 4.39 Å². The minimum Gasteiger partial charge on any atom is -0.385 e. The summed E-state index contributed by atoms with van der Waals surface area (Å²) in [5.74, 6) is 0.606. The number of benzene rings is 1. The van der Waals surface area contributed by atoms with E-state index in [0.29, 0.717) is 5.92 Å². The number of hydrogen-bond donors (Lipinski definition) is 2. The van der Waals surface area contributed by atoms with Gasteiger partial charge in [0.15, 0.2) is 0 Å². The summed E-state index contributed by atoms with van der Waals surface area (Å²) in [4.78, 5) is 0. The second kappa shape index (κ2) is 4.07. The van der Waals surface area contributed by atoms with Gasteiger partial charge in [0.1, 0.15) is 5.82 Å². The summed E-state index contributed by atoms with van der Waals surface area (Å²) in [5, 5.41) is 14.3. The van der Waals surface area contributed by atoms with E-state index in [4.69, 9.17) is 0 Å². The summed E-state index contributed by atoms with van der Waals surface area (Å²) >= 11 is 0. The van der Waals surface area contributed by atoms with E-state index in [1.165, 1.54) is 18.6 Å². The van der Waals surface area contributed by atoms with E-state index in [1.54, 1.807) is 12.1 Å². The molecule has 2 aliphatic rings. The maximum atomic E-state index is 13.0. The van der Waals surface area contributed by atoms with Crippen LogP contribution in [0.15, 0.2) is 24.3 Å². The fourth-order valence-corrected chi connectivity index (χ4v) is 3.51. The molecule has 17 heavy (non-hydrogen) atoms. The molecule has 0 unspecified atom stereocenters. The van der Waals surface area contributed by atoms with Crippen LogP contribution in [-0.2, 0) is 5.60 Å². The van der Waals surface area contributed by atoms with E-state index in [9.17, 15) is 9.50 Å². The quantitative estimate of drug-likeness (QED) is 0.780. The molecule has 0 spiro atoms. The molecular formula is C14H18FNO. The van der Waals surface area contributed by atoms with Crippen LogP contribution in [0.1, 0.15) is 24.8 Å². The highest BCUT2D eigenvalue weighted by atomic mass is 19.1. The summed E-state index contributed by atoms with van der Waals surface area (Å²) < 4.78 is 13.0. The Morgan fingerprint density at radius 2 is 2.00 bits per heavy atom. The normalized spacial score (nSPS) is 36.8. The molecule has 2 nitrogen and oxygen atoms in total. The van der Waals surface area contributed by atoms with Gasteiger partial charge in [-0.2, -0.15) is 0 Å². The van der Waals surface area contributed by atoms with Crippen molar-refractivity contribution >= 4 is 0 Å². The van der Waals surface area contributed by atoms with Crippen LogP contribution in [0.3, 0.4) is 0 Å². The summed E-state index contributed by atoms with van der Waals surface area (Å²) in [7, 11) is 0. The van der Waals surface area contributed by atoms with E-state index in [2.05, 4.69) is 5.32 Å². The third-order valence-corrected chi connectivity index (χ3v) is 4.43. The summed E-state index contributed by atoms with van der Waals surface area (Å²) in [6.07, 6.45) is 3.04. The molecule has 1 saturated carbocycles. The second-order valence-corrected chi connectivity index (χ2v) is 5.35. The molecule has 3 atom stereocenters. The van der Waals surface area contributed by atoms with Crippen molar-refractivity contribution in [1.29, 1.82) is 0 Å². The Kier molecular flexibility index (Phi) is 2.68. The molecule has 0 bridgehead atoms. The highest BCUT2D eigenvalue weighted by Crippen LogP contribution is 2.46. The lowest BCUT2D eigenvalue weighted by atomic mass is 9.67. The minimum absolute atomic E-state index is 0.241. The first-order chi connectivity index (χ1) is 8.20. The lowest BCUT2D eigenvalue weighted by Gasteiger charge is -2.41. The molecule has 0 amide bonds. The first-order valence-electron chi connectivity index (χ1n) is 6.39. The molecule has 2 fully saturated rings. The molecule has 3 heteroatoms. The lowest BCUT2D eigenvalue weighted by Crippen LogP contribution is -2.42. The fraction of sp³-hybridized carbons (Fsp3) is 0.571. The minimum atomic E-state index is -0.764. The average Bonchev–Trinajstić information content (AvgIpc) is 2.80. The molecule has 1 heterocycles. The molecule has 0 radical (unpaired) electrons. The molecule has 3 rings (SSSR count). The van der Waals surface area contributed by atoms with Gasteiger partial charge in [0, 0.05) is 12.5 Å². The first-order valence-corrected chi connectivity index (χ1v) is 6.39. The van der Waals surface area contributed by atoms with Gasteiger partial charge >= 0.3 is 0 Å². The summed E-state index contributed by atoms with van der Waals surface area (Å²) in [6, 6.07) is 6.35. The van der Waals surface area contributed by atoms with Gasteiger partial charge < -0.3 is 10.4 Å². The second-order valence-electron chi connectivity index (χ2n) is 5.35. The Labute approximate surface area is 101 Å². The fourth-order valence-electron chi connectivity index (χ4n) is 3.51. The predicted octanol–water partition coefficient (Wildman–Crippen LogP) is 2.03. The molecule has 2 N–H and O–H groups in total. The van der Waals surface area contributed by atoms with Crippen molar-refractivity contribution in [2.45, 2.75) is 24.9 Å². The van der Waals surface area contributed by atoms with Crippen LogP contribution in [-0.4, -0.2) is 18.2 Å². The van der Waals surface area contributed by atoms with Crippen LogP contribution in [0.2, 0.25) is 0 Å². The van der Waals surface area contributed by atoms with Crippen molar-refractivity contribution in [3.8, 4) is 0 Å². The molecule has 0 aromatic heterocycles. The van der Waals surface area contributed by atoms with Gasteiger partial charge in [-0.25, -0.2) is 4.39 Å². The van der Waals surface area contributed by atoms with Gasteiger partial charge in [-0.15, -0.1) is 0 Å². The molecular weight excluding hydrogens is 217 g/mol. The SMILES string of the molecule is O[C@@]1(c2ccc(F)cc2)CCC[C@H]2CNC[C@@H]21. The Morgan fingerprint density at radius 1 is 1.24 bits per heavy atom. The van der Waals surface area contributed by atoms with E-state index in [-0.39, 0.29) is 11.7 Å². The van der Waals surface area contributed by atoms with E-state index in [0.717, 1.165) is 31.5 Å². The zero-order valence-electron chi connectivity index (χ0n) is 9.82. The van der Waals surface area contributed by atoms with Crippen molar-refractivity contribution < 1.29 is 9.50 Å². The van der Waals surface area contributed by atoms with Crippen LogP contribution >= 0.6 is 0 Å². The van der Waals surface area contributed by atoms with E-state index in [1.807, 2.05) is 0 Å². The third-order valence-electron chi connectivity index (χ3n) is 4.43. The zero-order chi connectivity index (χ0) is 11.9. The van der Waals surface area contributed by atoms with Crippen LogP contribution in [0, 0.1) is 17.7 Å². The number of nitrogens with one attached hydrogen (secondary N) is 1. The molecule has 1 aliphatic heterocycles. The van der Waals surface area contributed by atoms with Crippen molar-refractivity contribution in [3.05, 3.63) is 35.6 Å². The Hall–Kier alpha value is -0.930. The monoisotopic (exact) mass is 235 g/mol. The molecule has 92 valence electrons. The number of aliphatic hydroxyl groups is 1. The van der Waals surface area contributed by atoms with Crippen molar-refractivity contribution in [1.82, 2.24) is 5.32 Å². The first kappa shape index (κ1) is 11.2. The highest BCUT2D eigenvalue weighted by Gasteiger charge is 2.47. The maximum absolute atomic E-state index is 13.0. The number of halogens is 1. The van der Waals surface area contributed by atoms with Crippen LogP contribution in [0.25, 0.3) is 0 Å². The topological polar surface area (TPSA) is 32.3 Å². The molecule has 1 saturated heterocycles. The van der Waals surface area contributed by atoms with Crippen molar-refractivity contribution in [2.24, 2.45) is 11.8 Å². The largest absolute Gasteiger partial charge is 0.385 e. The molecule has 1 aromatic rings. The van der Waals surface area contributed by atoms with Gasteiger partial charge in [-0.05, 0) is 49.4 Å². The van der Waals surface area contributed by atoms with Crippen molar-refractivity contribution in [3.63, 3.8) is 0 Å². The van der Waals surface area contributed by atoms with E-state index < -0.39 is 5.60 Å². The Bertz CT molecular complexity index is 405. The van der Waals surface area contributed by atoms with Crippen LogP contribution < -0.4 is 5.32 Å². The number of hydrogen-bond acceptors (Lipinski definition) is 2. The summed E-state index contributed by atoms with van der Waals surface area (Å²) in [6.45, 7) is 1.88. The lowest BCUT2D eigenvalue weighted by molar-refractivity contribution is -0.0634. The molecule has 1 aromatic carbocycles. The van der Waals surface area contributed by atoms with Crippen molar-refractivity contribution in [2.75, 3.05) is 13.1 Å². The highest BCUT2D eigenvalue weighted by molar-refractivity contribution is 5.25. The van der Waals surface area contributed by atoms with Gasteiger partial charge in [0.25, 0.3) is 0 Å². The van der Waals surface area contributed by atoms with E-state index >= 15 is 0 Å². The standard InChI is InChI=1S/C14H18FNO/c15-12-5-3-11(4-6-12)14(17)7-1-2-10-8-16-9-13(10)14/h3-6,10,13,16-17H,1-2,7-9H2/t10-,13-,14+/m0/s1. The Morgan fingerprint density at radius 3 is 2.76 bits per heavy atom. The Balaban J connectivity index is 1.95. The third kappa shape index (κ3) is 1.78. The number of rotatable bonds is 1. The van der Waals surface area contributed by atoms with Gasteiger partial charge in [0.2, 0.25) is 0 Å². The average molecular weight is 235 g/mol. The van der Waals surface area contributed by atoms with Gasteiger partial charge in [-0.3, -0.25) is 0 Å². The van der Waals surface area contributed by atoms with Crippen LogP contribution in [0.5, 0.6) is 0 Å². The number of fused-ring (bicyclic) bond motifs is 1. The summed E-state index contributed by atoms with van der Waals surface area (Å²) in [5.41, 5.74) is 0.109. The predicted molar refractivity (Wildman–Crippen MR) is 64.0 cm³/mol. The molecule has 1 aliphatic carbocycles. The van der Waals surface area contributed by atoms with Gasteiger partial charge in [-0.1, -0.05) is 12.1 Å². The maximum Gasteiger partial charge on any atom is 0.123 e. The smallest absolute Gasteiger partial charge is 0.123 e. The van der Waals surface area contributed by atoms with Gasteiger partial charge in [0.05, 0.1) is 5.60 Å².